The number of thiazole rings is 1. The normalized spacial score (nSPS) is 15.4. The molecule has 7 nitrogen and oxygen atoms in total. The van der Waals surface area contributed by atoms with Gasteiger partial charge in [0, 0.05) is 50.1 Å². The van der Waals surface area contributed by atoms with Crippen LogP contribution in [-0.2, 0) is 32.5 Å². The molecule has 0 radical (unpaired) electrons. The lowest BCUT2D eigenvalue weighted by Gasteiger charge is -2.33. The number of carbonyl (C=O) groups is 1. The second-order valence-corrected chi connectivity index (χ2v) is 10.7. The van der Waals surface area contributed by atoms with E-state index < -0.39 is 10.0 Å². The molecule has 33 heavy (non-hydrogen) atoms. The quantitative estimate of drug-likeness (QED) is 0.455. The molecule has 0 bridgehead atoms. The molecule has 1 aliphatic rings. The van der Waals surface area contributed by atoms with E-state index >= 15 is 0 Å². The summed E-state index contributed by atoms with van der Waals surface area (Å²) in [4.78, 5) is 18.6. The van der Waals surface area contributed by atoms with Crippen LogP contribution in [0.15, 0.2) is 64.9 Å². The first-order valence-corrected chi connectivity index (χ1v) is 13.2. The second kappa shape index (κ2) is 10.6. The fraction of sp³-hybridized carbons (Fsp3) is 0.333. The Balaban J connectivity index is 1.31. The zero-order chi connectivity index (χ0) is 23.3. The number of benzene rings is 2. The standard InChI is InChI=1S/C24H27N3O4S2/c1-31-23(28)12-9-19-7-10-22(11-8-19)33(29,30)27-15-13-26(14-16-27)17-21-18-32-24(25-21)20-5-3-2-4-6-20/h2-8,10-11,18H,9,12-17H2,1H3. The van der Waals surface area contributed by atoms with Gasteiger partial charge in [-0.15, -0.1) is 11.3 Å². The molecule has 0 aliphatic carbocycles. The van der Waals surface area contributed by atoms with Crippen molar-refractivity contribution in [2.45, 2.75) is 24.3 Å². The van der Waals surface area contributed by atoms with Crippen LogP contribution in [-0.4, -0.2) is 61.9 Å². The molecule has 0 spiro atoms. The van der Waals surface area contributed by atoms with Crippen LogP contribution in [0, 0.1) is 0 Å². The van der Waals surface area contributed by atoms with Crippen molar-refractivity contribution < 1.29 is 17.9 Å². The highest BCUT2D eigenvalue weighted by Crippen LogP contribution is 2.25. The van der Waals surface area contributed by atoms with Gasteiger partial charge >= 0.3 is 5.97 Å². The molecule has 0 unspecified atom stereocenters. The summed E-state index contributed by atoms with van der Waals surface area (Å²) >= 11 is 1.63. The summed E-state index contributed by atoms with van der Waals surface area (Å²) in [6.45, 7) is 2.93. The maximum Gasteiger partial charge on any atom is 0.305 e. The van der Waals surface area contributed by atoms with Crippen molar-refractivity contribution in [2.24, 2.45) is 0 Å². The van der Waals surface area contributed by atoms with Gasteiger partial charge in [-0.05, 0) is 24.1 Å². The number of ether oxygens (including phenoxy) is 1. The molecule has 2 heterocycles. The molecule has 0 amide bonds. The molecule has 0 N–H and O–H groups in total. The van der Waals surface area contributed by atoms with Gasteiger partial charge < -0.3 is 4.74 Å². The molecule has 174 valence electrons. The van der Waals surface area contributed by atoms with E-state index in [4.69, 9.17) is 4.98 Å². The summed E-state index contributed by atoms with van der Waals surface area (Å²) < 4.78 is 32.3. The van der Waals surface area contributed by atoms with Crippen LogP contribution >= 0.6 is 11.3 Å². The van der Waals surface area contributed by atoms with Gasteiger partial charge in [-0.25, -0.2) is 13.4 Å². The van der Waals surface area contributed by atoms with Crippen molar-refractivity contribution in [3.8, 4) is 10.6 Å². The van der Waals surface area contributed by atoms with E-state index in [0.717, 1.165) is 21.8 Å². The zero-order valence-electron chi connectivity index (χ0n) is 18.5. The Morgan fingerprint density at radius 2 is 1.73 bits per heavy atom. The maximum absolute atomic E-state index is 13.1. The molecule has 1 aromatic heterocycles. The fourth-order valence-electron chi connectivity index (χ4n) is 3.78. The summed E-state index contributed by atoms with van der Waals surface area (Å²) in [5.74, 6) is -0.279. The lowest BCUT2D eigenvalue weighted by atomic mass is 10.1. The van der Waals surface area contributed by atoms with Crippen LogP contribution < -0.4 is 0 Å². The topological polar surface area (TPSA) is 79.8 Å². The van der Waals surface area contributed by atoms with E-state index in [1.165, 1.54) is 7.11 Å². The fourth-order valence-corrected chi connectivity index (χ4v) is 6.01. The highest BCUT2D eigenvalue weighted by Gasteiger charge is 2.28. The third kappa shape index (κ3) is 5.86. The Labute approximate surface area is 198 Å². The van der Waals surface area contributed by atoms with Gasteiger partial charge in [-0.3, -0.25) is 9.69 Å². The molecule has 1 saturated heterocycles. The number of aryl methyl sites for hydroxylation is 1. The van der Waals surface area contributed by atoms with E-state index in [9.17, 15) is 13.2 Å². The predicted molar refractivity (Wildman–Crippen MR) is 128 cm³/mol. The minimum Gasteiger partial charge on any atom is -0.469 e. The van der Waals surface area contributed by atoms with Gasteiger partial charge in [-0.1, -0.05) is 42.5 Å². The molecule has 2 aromatic carbocycles. The Morgan fingerprint density at radius 3 is 2.39 bits per heavy atom. The van der Waals surface area contributed by atoms with Crippen LogP contribution in [0.4, 0.5) is 0 Å². The molecular formula is C24H27N3O4S2. The SMILES string of the molecule is COC(=O)CCc1ccc(S(=O)(=O)N2CCN(Cc3csc(-c4ccccc4)n3)CC2)cc1. The van der Waals surface area contributed by atoms with Crippen molar-refractivity contribution in [2.75, 3.05) is 33.3 Å². The first kappa shape index (κ1) is 23.6. The van der Waals surface area contributed by atoms with Crippen LogP contribution in [0.5, 0.6) is 0 Å². The number of rotatable bonds is 8. The van der Waals surface area contributed by atoms with E-state index in [1.807, 2.05) is 18.2 Å². The zero-order valence-corrected chi connectivity index (χ0v) is 20.1. The molecule has 0 atom stereocenters. The van der Waals surface area contributed by atoms with Crippen molar-refractivity contribution >= 4 is 27.3 Å². The third-order valence-corrected chi connectivity index (χ3v) is 8.55. The third-order valence-electron chi connectivity index (χ3n) is 5.70. The molecule has 0 saturated carbocycles. The first-order chi connectivity index (χ1) is 16.0. The average molecular weight is 486 g/mol. The van der Waals surface area contributed by atoms with Gasteiger partial charge in [0.25, 0.3) is 0 Å². The molecule has 1 aliphatic heterocycles. The number of aromatic nitrogens is 1. The number of piperazine rings is 1. The predicted octanol–water partition coefficient (Wildman–Crippen LogP) is 3.42. The molecule has 4 rings (SSSR count). The van der Waals surface area contributed by atoms with Gasteiger partial charge in [0.05, 0.1) is 17.7 Å². The lowest BCUT2D eigenvalue weighted by molar-refractivity contribution is -0.140. The van der Waals surface area contributed by atoms with Gasteiger partial charge in [-0.2, -0.15) is 4.31 Å². The number of hydrogen-bond acceptors (Lipinski definition) is 7. The Morgan fingerprint density at radius 1 is 1.03 bits per heavy atom. The van der Waals surface area contributed by atoms with Crippen LogP contribution in [0.2, 0.25) is 0 Å². The maximum atomic E-state index is 13.1. The van der Waals surface area contributed by atoms with Crippen molar-refractivity contribution in [1.29, 1.82) is 0 Å². The van der Waals surface area contributed by atoms with Gasteiger partial charge in [0.2, 0.25) is 10.0 Å². The Bertz CT molecular complexity index is 1170. The summed E-state index contributed by atoms with van der Waals surface area (Å²) in [6, 6.07) is 16.9. The van der Waals surface area contributed by atoms with Crippen LogP contribution in [0.3, 0.4) is 0 Å². The van der Waals surface area contributed by atoms with Crippen LogP contribution in [0.25, 0.3) is 10.6 Å². The number of esters is 1. The smallest absolute Gasteiger partial charge is 0.305 e. The first-order valence-electron chi connectivity index (χ1n) is 10.8. The summed E-state index contributed by atoms with van der Waals surface area (Å²) in [5, 5.41) is 3.08. The Kier molecular flexibility index (Phi) is 7.54. The monoisotopic (exact) mass is 485 g/mol. The van der Waals surface area contributed by atoms with Crippen molar-refractivity contribution in [3.63, 3.8) is 0 Å². The minimum absolute atomic E-state index is 0.274. The van der Waals surface area contributed by atoms with Crippen molar-refractivity contribution in [3.05, 3.63) is 71.2 Å². The number of sulfonamides is 1. The number of nitrogens with zero attached hydrogens (tertiary/aromatic N) is 3. The van der Waals surface area contributed by atoms with E-state index in [1.54, 1.807) is 39.9 Å². The van der Waals surface area contributed by atoms with Gasteiger partial charge in [0.1, 0.15) is 5.01 Å². The largest absolute Gasteiger partial charge is 0.469 e. The van der Waals surface area contributed by atoms with Crippen LogP contribution in [0.1, 0.15) is 17.7 Å². The summed E-state index contributed by atoms with van der Waals surface area (Å²) in [7, 11) is -2.18. The highest BCUT2D eigenvalue weighted by atomic mass is 32.2. The summed E-state index contributed by atoms with van der Waals surface area (Å²) in [6.07, 6.45) is 0.796. The molecule has 9 heteroatoms. The molecule has 1 fully saturated rings. The van der Waals surface area contributed by atoms with E-state index in [-0.39, 0.29) is 17.3 Å². The Hall–Kier alpha value is -2.59. The van der Waals surface area contributed by atoms with E-state index in [2.05, 4.69) is 27.1 Å². The molecular weight excluding hydrogens is 458 g/mol. The number of carbonyl (C=O) groups excluding carboxylic acids is 1. The van der Waals surface area contributed by atoms with Gasteiger partial charge in [0.15, 0.2) is 0 Å². The number of methoxy groups -OCH3 is 1. The minimum atomic E-state index is -3.54. The summed E-state index contributed by atoms with van der Waals surface area (Å²) in [5.41, 5.74) is 3.03. The van der Waals surface area contributed by atoms with E-state index in [0.29, 0.717) is 39.1 Å². The highest BCUT2D eigenvalue weighted by molar-refractivity contribution is 7.89. The average Bonchev–Trinajstić information content (AvgIpc) is 3.32. The number of hydrogen-bond donors (Lipinski definition) is 0. The lowest BCUT2D eigenvalue weighted by Crippen LogP contribution is -2.48. The van der Waals surface area contributed by atoms with Crippen molar-refractivity contribution in [1.82, 2.24) is 14.2 Å². The second-order valence-electron chi connectivity index (χ2n) is 7.91. The molecule has 3 aromatic rings.